The number of morpholine rings is 1. The number of ether oxygens (including phenoxy) is 2. The van der Waals surface area contributed by atoms with E-state index in [9.17, 15) is 4.79 Å². The first-order chi connectivity index (χ1) is 12.1. The average molecular weight is 351 g/mol. The summed E-state index contributed by atoms with van der Waals surface area (Å²) in [6.07, 6.45) is 2.06. The van der Waals surface area contributed by atoms with Crippen LogP contribution in [0.2, 0.25) is 0 Å². The zero-order valence-electron chi connectivity index (χ0n) is 15.5. The first kappa shape index (κ1) is 18.4. The van der Waals surface area contributed by atoms with Gasteiger partial charge in [0.25, 0.3) is 5.91 Å². The van der Waals surface area contributed by atoms with Gasteiger partial charge in [-0.1, -0.05) is 5.16 Å². The second-order valence-electron chi connectivity index (χ2n) is 7.02. The van der Waals surface area contributed by atoms with Crippen LogP contribution in [0.1, 0.15) is 41.6 Å². The van der Waals surface area contributed by atoms with Gasteiger partial charge in [-0.25, -0.2) is 0 Å². The number of amides is 1. The number of rotatable bonds is 5. The summed E-state index contributed by atoms with van der Waals surface area (Å²) in [6, 6.07) is 0.541. The lowest BCUT2D eigenvalue weighted by Crippen LogP contribution is -2.49. The predicted molar refractivity (Wildman–Crippen MR) is 92.4 cm³/mol. The summed E-state index contributed by atoms with van der Waals surface area (Å²) < 4.78 is 15.8. The van der Waals surface area contributed by atoms with Gasteiger partial charge < -0.3 is 18.9 Å². The molecule has 7 nitrogen and oxygen atoms in total. The molecule has 0 saturated carbocycles. The number of aryl methyl sites for hydroxylation is 1. The van der Waals surface area contributed by atoms with Crippen LogP contribution in [0.3, 0.4) is 0 Å². The third-order valence-corrected chi connectivity index (χ3v) is 5.61. The molecule has 0 N–H and O–H groups in total. The molecule has 3 rings (SSSR count). The molecule has 25 heavy (non-hydrogen) atoms. The molecule has 2 aliphatic heterocycles. The van der Waals surface area contributed by atoms with Crippen LogP contribution >= 0.6 is 0 Å². The summed E-state index contributed by atoms with van der Waals surface area (Å²) in [5, 5.41) is 3.97. The monoisotopic (exact) mass is 351 g/mol. The van der Waals surface area contributed by atoms with Crippen molar-refractivity contribution >= 4 is 5.91 Å². The van der Waals surface area contributed by atoms with E-state index in [1.54, 1.807) is 7.11 Å². The van der Waals surface area contributed by atoms with Gasteiger partial charge in [-0.05, 0) is 32.6 Å². The lowest BCUT2D eigenvalue weighted by Gasteiger charge is -2.40. The van der Waals surface area contributed by atoms with Crippen molar-refractivity contribution in [2.45, 2.75) is 39.3 Å². The summed E-state index contributed by atoms with van der Waals surface area (Å²) in [7, 11) is 1.61. The largest absolute Gasteiger partial charge is 0.380 e. The normalized spacial score (nSPS) is 21.5. The van der Waals surface area contributed by atoms with Gasteiger partial charge in [0.05, 0.1) is 25.4 Å². The molecule has 0 aliphatic carbocycles. The number of hydrogen-bond donors (Lipinski definition) is 0. The maximum absolute atomic E-state index is 12.8. The molecule has 3 heterocycles. The van der Waals surface area contributed by atoms with Gasteiger partial charge in [-0.3, -0.25) is 9.69 Å². The molecule has 1 unspecified atom stereocenters. The molecule has 0 aromatic carbocycles. The highest BCUT2D eigenvalue weighted by atomic mass is 16.5. The molecular weight excluding hydrogens is 322 g/mol. The van der Waals surface area contributed by atoms with E-state index < -0.39 is 0 Å². The zero-order valence-corrected chi connectivity index (χ0v) is 15.5. The Morgan fingerprint density at radius 1 is 1.28 bits per heavy atom. The average Bonchev–Trinajstić information content (AvgIpc) is 3.02. The highest BCUT2D eigenvalue weighted by Crippen LogP contribution is 2.26. The lowest BCUT2D eigenvalue weighted by atomic mass is 9.89. The molecule has 1 amide bonds. The number of carbonyl (C=O) groups excluding carboxylic acids is 1. The van der Waals surface area contributed by atoms with Crippen LogP contribution in [0.5, 0.6) is 0 Å². The Balaban J connectivity index is 1.57. The van der Waals surface area contributed by atoms with Gasteiger partial charge in [0.1, 0.15) is 5.76 Å². The highest BCUT2D eigenvalue weighted by molar-refractivity contribution is 5.93. The first-order valence-corrected chi connectivity index (χ1v) is 9.17. The molecule has 2 saturated heterocycles. The van der Waals surface area contributed by atoms with Crippen LogP contribution in [0.15, 0.2) is 4.52 Å². The number of carbonyl (C=O) groups is 1. The third-order valence-electron chi connectivity index (χ3n) is 5.61. The van der Waals surface area contributed by atoms with E-state index in [0.717, 1.165) is 57.8 Å². The Kier molecular flexibility index (Phi) is 6.09. The molecule has 140 valence electrons. The van der Waals surface area contributed by atoms with Crippen molar-refractivity contribution in [3.05, 3.63) is 17.0 Å². The summed E-state index contributed by atoms with van der Waals surface area (Å²) in [6.45, 7) is 9.70. The Morgan fingerprint density at radius 3 is 2.60 bits per heavy atom. The van der Waals surface area contributed by atoms with E-state index in [0.29, 0.717) is 30.0 Å². The molecule has 1 atom stereocenters. The number of methoxy groups -OCH3 is 1. The standard InChI is InChI=1S/C18H29N3O4/c1-13(20-8-10-24-11-9-20)15-4-6-21(7-5-15)18(22)17-16(12-23-3)14(2)25-19-17/h13,15H,4-12H2,1-3H3. The van der Waals surface area contributed by atoms with Crippen molar-refractivity contribution in [1.82, 2.24) is 15.0 Å². The SMILES string of the molecule is COCc1c(C(=O)N2CCC(C(C)N3CCOCC3)CC2)noc1C. The molecular formula is C18H29N3O4. The van der Waals surface area contributed by atoms with Crippen LogP contribution in [0.25, 0.3) is 0 Å². The minimum absolute atomic E-state index is 0.0404. The fraction of sp³-hybridized carbons (Fsp3) is 0.778. The quantitative estimate of drug-likeness (QED) is 0.804. The van der Waals surface area contributed by atoms with Crippen molar-refractivity contribution in [3.63, 3.8) is 0 Å². The Hall–Kier alpha value is -1.44. The van der Waals surface area contributed by atoms with Crippen LogP contribution in [-0.2, 0) is 16.1 Å². The zero-order chi connectivity index (χ0) is 17.8. The Morgan fingerprint density at radius 2 is 1.96 bits per heavy atom. The summed E-state index contributed by atoms with van der Waals surface area (Å²) >= 11 is 0. The van der Waals surface area contributed by atoms with Crippen LogP contribution in [-0.4, -0.2) is 73.4 Å². The van der Waals surface area contributed by atoms with Gasteiger partial charge in [0.15, 0.2) is 5.69 Å². The van der Waals surface area contributed by atoms with Crippen molar-refractivity contribution in [1.29, 1.82) is 0 Å². The van der Waals surface area contributed by atoms with Crippen molar-refractivity contribution in [3.8, 4) is 0 Å². The second kappa shape index (κ2) is 8.29. The van der Waals surface area contributed by atoms with Crippen molar-refractivity contribution < 1.29 is 18.8 Å². The first-order valence-electron chi connectivity index (χ1n) is 9.17. The molecule has 2 aliphatic rings. The van der Waals surface area contributed by atoms with Gasteiger partial charge in [0.2, 0.25) is 0 Å². The van der Waals surface area contributed by atoms with Crippen molar-refractivity contribution in [2.24, 2.45) is 5.92 Å². The van der Waals surface area contributed by atoms with E-state index in [2.05, 4.69) is 17.0 Å². The number of nitrogens with zero attached hydrogens (tertiary/aromatic N) is 3. The van der Waals surface area contributed by atoms with Gasteiger partial charge >= 0.3 is 0 Å². The molecule has 0 radical (unpaired) electrons. The predicted octanol–water partition coefficient (Wildman–Crippen LogP) is 1.70. The maximum Gasteiger partial charge on any atom is 0.276 e. The summed E-state index contributed by atoms with van der Waals surface area (Å²) in [5.74, 6) is 1.24. The highest BCUT2D eigenvalue weighted by Gasteiger charge is 2.32. The van der Waals surface area contributed by atoms with Crippen LogP contribution < -0.4 is 0 Å². The molecule has 1 aromatic heterocycles. The second-order valence-corrected chi connectivity index (χ2v) is 7.02. The summed E-state index contributed by atoms with van der Waals surface area (Å²) in [4.78, 5) is 17.2. The minimum Gasteiger partial charge on any atom is -0.380 e. The van der Waals surface area contributed by atoms with E-state index >= 15 is 0 Å². The van der Waals surface area contributed by atoms with E-state index in [4.69, 9.17) is 14.0 Å². The summed E-state index contributed by atoms with van der Waals surface area (Å²) in [5.41, 5.74) is 1.16. The fourth-order valence-corrected chi connectivity index (χ4v) is 3.89. The minimum atomic E-state index is -0.0404. The molecule has 0 spiro atoms. The maximum atomic E-state index is 12.8. The molecule has 7 heteroatoms. The van der Waals surface area contributed by atoms with Gasteiger partial charge in [-0.15, -0.1) is 0 Å². The van der Waals surface area contributed by atoms with E-state index in [-0.39, 0.29) is 5.91 Å². The van der Waals surface area contributed by atoms with Crippen molar-refractivity contribution in [2.75, 3.05) is 46.5 Å². The van der Waals surface area contributed by atoms with Crippen LogP contribution in [0, 0.1) is 12.8 Å². The van der Waals surface area contributed by atoms with Gasteiger partial charge in [-0.2, -0.15) is 0 Å². The molecule has 1 aromatic rings. The third kappa shape index (κ3) is 4.04. The number of aromatic nitrogens is 1. The van der Waals surface area contributed by atoms with E-state index in [1.165, 1.54) is 0 Å². The molecule has 2 fully saturated rings. The molecule has 0 bridgehead atoms. The number of piperidine rings is 1. The smallest absolute Gasteiger partial charge is 0.276 e. The van der Waals surface area contributed by atoms with Crippen LogP contribution in [0.4, 0.5) is 0 Å². The Bertz CT molecular complexity index is 575. The topological polar surface area (TPSA) is 68.0 Å². The van der Waals surface area contributed by atoms with E-state index in [1.807, 2.05) is 11.8 Å². The number of hydrogen-bond acceptors (Lipinski definition) is 6. The lowest BCUT2D eigenvalue weighted by molar-refractivity contribution is -0.00102. The number of likely N-dealkylation sites (tertiary alicyclic amines) is 1. The Labute approximate surface area is 149 Å². The fourth-order valence-electron chi connectivity index (χ4n) is 3.89. The van der Waals surface area contributed by atoms with Gasteiger partial charge in [0, 0.05) is 39.3 Å².